The summed E-state index contributed by atoms with van der Waals surface area (Å²) >= 11 is 5.75. The zero-order valence-corrected chi connectivity index (χ0v) is 9.82. The zero-order valence-electron chi connectivity index (χ0n) is 9.07. The van der Waals surface area contributed by atoms with E-state index < -0.39 is 10.8 Å². The Morgan fingerprint density at radius 3 is 2.82 bits per heavy atom. The van der Waals surface area contributed by atoms with Crippen LogP contribution in [0.3, 0.4) is 0 Å². The first kappa shape index (κ1) is 11.8. The van der Waals surface area contributed by atoms with Gasteiger partial charge < -0.3 is 5.32 Å². The molecule has 1 fully saturated rings. The van der Waals surface area contributed by atoms with Gasteiger partial charge in [0.1, 0.15) is 11.3 Å². The van der Waals surface area contributed by atoms with Crippen molar-refractivity contribution in [2.75, 3.05) is 0 Å². The zero-order chi connectivity index (χ0) is 12.6. The van der Waals surface area contributed by atoms with Gasteiger partial charge in [-0.05, 0) is 19.8 Å². The first-order valence-corrected chi connectivity index (χ1v) is 5.41. The van der Waals surface area contributed by atoms with E-state index in [1.165, 1.54) is 0 Å². The lowest BCUT2D eigenvalue weighted by Gasteiger charge is -2.11. The molecule has 0 unspecified atom stereocenters. The molecule has 1 saturated carbocycles. The van der Waals surface area contributed by atoms with Crippen LogP contribution in [-0.2, 0) is 0 Å². The predicted molar refractivity (Wildman–Crippen MR) is 61.0 cm³/mol. The van der Waals surface area contributed by atoms with Crippen molar-refractivity contribution in [1.82, 2.24) is 10.3 Å². The summed E-state index contributed by atoms with van der Waals surface area (Å²) in [6.07, 6.45) is 2.83. The molecule has 7 heteroatoms. The van der Waals surface area contributed by atoms with Gasteiger partial charge in [0.25, 0.3) is 11.6 Å². The van der Waals surface area contributed by atoms with Crippen molar-refractivity contribution in [2.45, 2.75) is 25.3 Å². The fourth-order valence-corrected chi connectivity index (χ4v) is 1.54. The lowest BCUT2D eigenvalue weighted by molar-refractivity contribution is -0.385. The van der Waals surface area contributed by atoms with E-state index in [1.54, 1.807) is 0 Å². The molecule has 1 aromatic heterocycles. The third kappa shape index (κ3) is 2.52. The molecule has 1 heterocycles. The first-order valence-electron chi connectivity index (χ1n) is 5.04. The lowest BCUT2D eigenvalue weighted by atomic mass is 10.2. The maximum atomic E-state index is 11.8. The molecule has 2 rings (SSSR count). The summed E-state index contributed by atoms with van der Waals surface area (Å²) in [5.74, 6) is -0.425. The van der Waals surface area contributed by atoms with Crippen molar-refractivity contribution in [2.24, 2.45) is 0 Å². The fourth-order valence-electron chi connectivity index (χ4n) is 1.35. The van der Waals surface area contributed by atoms with Crippen molar-refractivity contribution >= 4 is 23.2 Å². The number of pyridine rings is 1. The summed E-state index contributed by atoms with van der Waals surface area (Å²) in [6, 6.07) is 1.14. The minimum absolute atomic E-state index is 0.0302. The van der Waals surface area contributed by atoms with Gasteiger partial charge in [-0.3, -0.25) is 14.9 Å². The number of rotatable bonds is 3. The molecule has 6 nitrogen and oxygen atoms in total. The number of halogens is 1. The monoisotopic (exact) mass is 255 g/mol. The molecule has 0 bridgehead atoms. The standard InChI is InChI=1S/C10H10ClN3O3/c1-10(2-3-10)13-9(15)7-4-6(14(16)17)5-12-8(7)11/h4-5H,2-3H2,1H3,(H,13,15). The second kappa shape index (κ2) is 3.96. The highest BCUT2D eigenvalue weighted by Crippen LogP contribution is 2.35. The largest absolute Gasteiger partial charge is 0.347 e. The van der Waals surface area contributed by atoms with Crippen LogP contribution < -0.4 is 5.32 Å². The Kier molecular flexibility index (Phi) is 2.74. The number of nitrogens with one attached hydrogen (secondary N) is 1. The molecule has 0 radical (unpaired) electrons. The third-order valence-corrected chi connectivity index (χ3v) is 3.00. The van der Waals surface area contributed by atoms with Crippen LogP contribution >= 0.6 is 11.6 Å². The maximum Gasteiger partial charge on any atom is 0.288 e. The Labute approximate surface area is 102 Å². The van der Waals surface area contributed by atoms with Gasteiger partial charge in [-0.25, -0.2) is 4.98 Å². The van der Waals surface area contributed by atoms with Crippen molar-refractivity contribution in [1.29, 1.82) is 0 Å². The SMILES string of the molecule is CC1(NC(=O)c2cc([N+](=O)[O-])cnc2Cl)CC1. The van der Waals surface area contributed by atoms with Gasteiger partial charge in [-0.15, -0.1) is 0 Å². The normalized spacial score (nSPS) is 16.4. The fraction of sp³-hybridized carbons (Fsp3) is 0.400. The summed E-state index contributed by atoms with van der Waals surface area (Å²) in [5.41, 5.74) is -0.417. The van der Waals surface area contributed by atoms with Crippen molar-refractivity contribution in [3.05, 3.63) is 33.1 Å². The van der Waals surface area contributed by atoms with Gasteiger partial charge in [0.05, 0.1) is 10.5 Å². The second-order valence-electron chi connectivity index (χ2n) is 4.30. The second-order valence-corrected chi connectivity index (χ2v) is 4.66. The topological polar surface area (TPSA) is 85.1 Å². The quantitative estimate of drug-likeness (QED) is 0.508. The molecule has 0 spiro atoms. The van der Waals surface area contributed by atoms with Crippen LogP contribution in [0.2, 0.25) is 5.15 Å². The van der Waals surface area contributed by atoms with E-state index >= 15 is 0 Å². The van der Waals surface area contributed by atoms with Crippen LogP contribution in [-0.4, -0.2) is 21.4 Å². The van der Waals surface area contributed by atoms with Gasteiger partial charge in [0.2, 0.25) is 0 Å². The van der Waals surface area contributed by atoms with Crippen molar-refractivity contribution in [3.8, 4) is 0 Å². The number of nitrogens with zero attached hydrogens (tertiary/aromatic N) is 2. The van der Waals surface area contributed by atoms with E-state index in [1.807, 2.05) is 6.92 Å². The molecule has 1 N–H and O–H groups in total. The Bertz CT molecular complexity index is 500. The highest BCUT2D eigenvalue weighted by molar-refractivity contribution is 6.32. The van der Waals surface area contributed by atoms with Crippen LogP contribution in [0.15, 0.2) is 12.3 Å². The Balaban J connectivity index is 2.27. The van der Waals surface area contributed by atoms with E-state index in [-0.39, 0.29) is 21.9 Å². The Hall–Kier alpha value is -1.69. The molecule has 90 valence electrons. The number of nitro groups is 1. The van der Waals surface area contributed by atoms with Gasteiger partial charge in [0.15, 0.2) is 0 Å². The van der Waals surface area contributed by atoms with Crippen LogP contribution in [0.25, 0.3) is 0 Å². The average Bonchev–Trinajstić information content (AvgIpc) is 2.96. The summed E-state index contributed by atoms with van der Waals surface area (Å²) in [4.78, 5) is 25.4. The smallest absolute Gasteiger partial charge is 0.288 e. The molecular weight excluding hydrogens is 246 g/mol. The number of hydrogen-bond acceptors (Lipinski definition) is 4. The van der Waals surface area contributed by atoms with Gasteiger partial charge >= 0.3 is 0 Å². The van der Waals surface area contributed by atoms with E-state index in [9.17, 15) is 14.9 Å². The van der Waals surface area contributed by atoms with Crippen LogP contribution in [0.5, 0.6) is 0 Å². The molecule has 17 heavy (non-hydrogen) atoms. The van der Waals surface area contributed by atoms with Crippen molar-refractivity contribution in [3.63, 3.8) is 0 Å². The number of aromatic nitrogens is 1. The molecular formula is C10H10ClN3O3. The molecule has 0 aliphatic heterocycles. The highest BCUT2D eigenvalue weighted by Gasteiger charge is 2.39. The first-order chi connectivity index (χ1) is 7.91. The van der Waals surface area contributed by atoms with E-state index in [4.69, 9.17) is 11.6 Å². The molecule has 1 aromatic rings. The molecule has 0 atom stereocenters. The summed E-state index contributed by atoms with van der Waals surface area (Å²) < 4.78 is 0. The molecule has 0 saturated heterocycles. The molecule has 1 aliphatic carbocycles. The van der Waals surface area contributed by atoms with Gasteiger partial charge in [0, 0.05) is 11.6 Å². The number of carbonyl (C=O) groups is 1. The molecule has 1 aliphatic rings. The van der Waals surface area contributed by atoms with E-state index in [0.29, 0.717) is 0 Å². The van der Waals surface area contributed by atoms with Crippen molar-refractivity contribution < 1.29 is 9.72 Å². The number of carbonyl (C=O) groups excluding carboxylic acids is 1. The van der Waals surface area contributed by atoms with E-state index in [0.717, 1.165) is 25.1 Å². The van der Waals surface area contributed by atoms with Gasteiger partial charge in [-0.2, -0.15) is 0 Å². The number of hydrogen-bond donors (Lipinski definition) is 1. The average molecular weight is 256 g/mol. The number of amides is 1. The van der Waals surface area contributed by atoms with Crippen LogP contribution in [0.1, 0.15) is 30.1 Å². The summed E-state index contributed by atoms with van der Waals surface area (Å²) in [7, 11) is 0. The highest BCUT2D eigenvalue weighted by atomic mass is 35.5. The lowest BCUT2D eigenvalue weighted by Crippen LogP contribution is -2.34. The van der Waals surface area contributed by atoms with Crippen LogP contribution in [0, 0.1) is 10.1 Å². The maximum absolute atomic E-state index is 11.8. The Morgan fingerprint density at radius 2 is 2.29 bits per heavy atom. The third-order valence-electron chi connectivity index (χ3n) is 2.70. The minimum atomic E-state index is -0.612. The predicted octanol–water partition coefficient (Wildman–Crippen LogP) is 1.93. The summed E-state index contributed by atoms with van der Waals surface area (Å²) in [5, 5.41) is 13.3. The molecule has 0 aromatic carbocycles. The Morgan fingerprint density at radius 1 is 1.65 bits per heavy atom. The van der Waals surface area contributed by atoms with Gasteiger partial charge in [-0.1, -0.05) is 11.6 Å². The minimum Gasteiger partial charge on any atom is -0.347 e. The summed E-state index contributed by atoms with van der Waals surface area (Å²) in [6.45, 7) is 1.91. The molecule has 1 amide bonds. The van der Waals surface area contributed by atoms with Crippen LogP contribution in [0.4, 0.5) is 5.69 Å². The van der Waals surface area contributed by atoms with E-state index in [2.05, 4.69) is 10.3 Å².